The Morgan fingerprint density at radius 3 is 2.32 bits per heavy atom. The molecule has 3 aromatic rings. The summed E-state index contributed by atoms with van der Waals surface area (Å²) < 4.78 is 7.57. The molecule has 1 heterocycles. The molecule has 0 aliphatic heterocycles. The maximum atomic E-state index is 12.6. The summed E-state index contributed by atoms with van der Waals surface area (Å²) in [6, 6.07) is 19.6. The van der Waals surface area contributed by atoms with E-state index in [1.54, 1.807) is 16.8 Å². The molecule has 0 unspecified atom stereocenters. The van der Waals surface area contributed by atoms with Crippen molar-refractivity contribution in [1.82, 2.24) is 0 Å². The molecule has 1 radical (unpaired) electrons. The zero-order valence-corrected chi connectivity index (χ0v) is 19.8. The summed E-state index contributed by atoms with van der Waals surface area (Å²) in [7, 11) is 0. The van der Waals surface area contributed by atoms with Crippen molar-refractivity contribution in [2.24, 2.45) is 0 Å². The van der Waals surface area contributed by atoms with Gasteiger partial charge in [-0.1, -0.05) is 48.5 Å². The molecule has 0 bridgehead atoms. The minimum Gasteiger partial charge on any atom is -0.483 e. The standard InChI is InChI=1S/C23H23ClNO2.Y/c1-17-7-6-8-18(2)22(17)13-20(26)14-25-15-21(11-12-23(25)24)27-16-19-9-4-3-5-10-19;/h3-12,15H,13-14,16H2,1-2H3;/q+1;. The van der Waals surface area contributed by atoms with Crippen LogP contribution in [0.2, 0.25) is 5.15 Å². The van der Waals surface area contributed by atoms with E-state index in [4.69, 9.17) is 16.3 Å². The Balaban J connectivity index is 0.00000280. The largest absolute Gasteiger partial charge is 0.483 e. The number of hydrogen-bond donors (Lipinski definition) is 0. The van der Waals surface area contributed by atoms with Gasteiger partial charge in [-0.25, -0.2) is 0 Å². The van der Waals surface area contributed by atoms with E-state index >= 15 is 0 Å². The number of Topliss-reactive ketones (excluding diaryl/α,β-unsaturated/α-hetero) is 1. The van der Waals surface area contributed by atoms with Crippen molar-refractivity contribution in [2.75, 3.05) is 0 Å². The first-order chi connectivity index (χ1) is 13.0. The third kappa shape index (κ3) is 6.23. The van der Waals surface area contributed by atoms with Crippen LogP contribution in [-0.4, -0.2) is 5.78 Å². The second-order valence-electron chi connectivity index (χ2n) is 6.68. The van der Waals surface area contributed by atoms with Gasteiger partial charge in [0.05, 0.1) is 0 Å². The van der Waals surface area contributed by atoms with E-state index in [-0.39, 0.29) is 45.0 Å². The van der Waals surface area contributed by atoms with E-state index in [2.05, 4.69) is 0 Å². The summed E-state index contributed by atoms with van der Waals surface area (Å²) in [4.78, 5) is 12.6. The van der Waals surface area contributed by atoms with Crippen LogP contribution in [-0.2, 0) is 57.1 Å². The second-order valence-corrected chi connectivity index (χ2v) is 7.06. The van der Waals surface area contributed by atoms with Gasteiger partial charge in [-0.2, -0.15) is 4.57 Å². The number of rotatable bonds is 7. The number of aromatic nitrogens is 1. The minimum absolute atomic E-state index is 0. The molecule has 0 saturated heterocycles. The summed E-state index contributed by atoms with van der Waals surface area (Å²) in [6.45, 7) is 4.76. The summed E-state index contributed by atoms with van der Waals surface area (Å²) in [5, 5.41) is 0.511. The first-order valence-electron chi connectivity index (χ1n) is 8.95. The van der Waals surface area contributed by atoms with Gasteiger partial charge in [0.25, 0.3) is 5.15 Å². The fourth-order valence-electron chi connectivity index (χ4n) is 3.02. The van der Waals surface area contributed by atoms with Gasteiger partial charge < -0.3 is 4.74 Å². The van der Waals surface area contributed by atoms with Gasteiger partial charge >= 0.3 is 0 Å². The molecule has 0 N–H and O–H groups in total. The van der Waals surface area contributed by atoms with E-state index in [9.17, 15) is 4.79 Å². The number of carbonyl (C=O) groups excluding carboxylic acids is 1. The quantitative estimate of drug-likeness (QED) is 0.373. The number of benzene rings is 2. The van der Waals surface area contributed by atoms with Crippen LogP contribution >= 0.6 is 11.6 Å². The Kier molecular flexibility index (Phi) is 8.81. The molecule has 0 atom stereocenters. The Labute approximate surface area is 196 Å². The molecule has 0 saturated carbocycles. The number of ether oxygens (including phenoxy) is 1. The Hall–Kier alpha value is -1.55. The summed E-state index contributed by atoms with van der Waals surface area (Å²) >= 11 is 6.28. The Morgan fingerprint density at radius 1 is 0.964 bits per heavy atom. The third-order valence-electron chi connectivity index (χ3n) is 4.56. The van der Waals surface area contributed by atoms with Crippen LogP contribution in [0, 0.1) is 13.8 Å². The third-order valence-corrected chi connectivity index (χ3v) is 4.90. The molecule has 2 aromatic carbocycles. The SMILES string of the molecule is Cc1cccc(C)c1CC(=O)C[n+]1cc(OCc2ccccc2)ccc1Cl.[Y]. The van der Waals surface area contributed by atoms with Gasteiger partial charge in [0, 0.05) is 45.2 Å². The Bertz CT molecular complexity index is 924. The maximum Gasteiger partial charge on any atom is 0.275 e. The predicted octanol–water partition coefficient (Wildman–Crippen LogP) is 4.63. The van der Waals surface area contributed by atoms with E-state index < -0.39 is 0 Å². The van der Waals surface area contributed by atoms with Crippen molar-refractivity contribution < 1.29 is 46.8 Å². The van der Waals surface area contributed by atoms with Crippen LogP contribution in [0.25, 0.3) is 0 Å². The molecule has 1 aromatic heterocycles. The summed E-state index contributed by atoms with van der Waals surface area (Å²) in [6.07, 6.45) is 2.19. The predicted molar refractivity (Wildman–Crippen MR) is 107 cm³/mol. The molecule has 0 aliphatic rings. The molecular weight excluding hydrogens is 447 g/mol. The minimum atomic E-state index is 0. The van der Waals surface area contributed by atoms with Crippen LogP contribution in [0.4, 0.5) is 0 Å². The van der Waals surface area contributed by atoms with E-state index in [0.29, 0.717) is 23.9 Å². The van der Waals surface area contributed by atoms with Gasteiger partial charge in [-0.05, 0) is 53.8 Å². The fourth-order valence-corrected chi connectivity index (χ4v) is 3.19. The maximum absolute atomic E-state index is 12.6. The van der Waals surface area contributed by atoms with Crippen molar-refractivity contribution >= 4 is 17.4 Å². The van der Waals surface area contributed by atoms with Crippen molar-refractivity contribution in [3.63, 3.8) is 0 Å². The number of carbonyl (C=O) groups is 1. The molecule has 3 rings (SSSR count). The van der Waals surface area contributed by atoms with Crippen molar-refractivity contribution in [3.05, 3.63) is 94.3 Å². The van der Waals surface area contributed by atoms with Crippen molar-refractivity contribution in [1.29, 1.82) is 0 Å². The van der Waals surface area contributed by atoms with Gasteiger partial charge in [-0.3, -0.25) is 4.79 Å². The van der Waals surface area contributed by atoms with Crippen molar-refractivity contribution in [3.8, 4) is 5.75 Å². The smallest absolute Gasteiger partial charge is 0.275 e. The molecule has 0 amide bonds. The van der Waals surface area contributed by atoms with Crippen molar-refractivity contribution in [2.45, 2.75) is 33.4 Å². The fraction of sp³-hybridized carbons (Fsp3) is 0.217. The molecule has 5 heteroatoms. The molecule has 0 fully saturated rings. The molecule has 3 nitrogen and oxygen atoms in total. The average molecular weight is 470 g/mol. The van der Waals surface area contributed by atoms with Gasteiger partial charge in [0.1, 0.15) is 6.61 Å². The van der Waals surface area contributed by atoms with Crippen LogP contribution in [0.5, 0.6) is 5.75 Å². The molecule has 0 aliphatic carbocycles. The van der Waals surface area contributed by atoms with Crippen LogP contribution < -0.4 is 9.30 Å². The number of nitrogens with zero attached hydrogens (tertiary/aromatic N) is 1. The van der Waals surface area contributed by atoms with Gasteiger partial charge in [-0.15, -0.1) is 0 Å². The molecule has 28 heavy (non-hydrogen) atoms. The van der Waals surface area contributed by atoms with Crippen LogP contribution in [0.3, 0.4) is 0 Å². The first kappa shape index (κ1) is 22.7. The normalized spacial score (nSPS) is 10.2. The zero-order chi connectivity index (χ0) is 19.2. The summed E-state index contributed by atoms with van der Waals surface area (Å²) in [5.41, 5.74) is 4.46. The number of hydrogen-bond acceptors (Lipinski definition) is 2. The van der Waals surface area contributed by atoms with Gasteiger partial charge in [0.15, 0.2) is 5.75 Å². The Morgan fingerprint density at radius 2 is 1.64 bits per heavy atom. The van der Waals surface area contributed by atoms with E-state index in [0.717, 1.165) is 22.3 Å². The van der Waals surface area contributed by atoms with Gasteiger partial charge in [0.2, 0.25) is 18.5 Å². The van der Waals surface area contributed by atoms with E-state index in [1.807, 2.05) is 68.4 Å². The molecule has 141 valence electrons. The monoisotopic (exact) mass is 469 g/mol. The number of ketones is 1. The summed E-state index contributed by atoms with van der Waals surface area (Å²) in [5.74, 6) is 0.794. The number of halogens is 1. The number of aryl methyl sites for hydroxylation is 2. The number of pyridine rings is 1. The topological polar surface area (TPSA) is 30.2 Å². The average Bonchev–Trinajstić information content (AvgIpc) is 2.66. The zero-order valence-electron chi connectivity index (χ0n) is 16.2. The van der Waals surface area contributed by atoms with E-state index in [1.165, 1.54) is 0 Å². The second kappa shape index (κ2) is 10.9. The van der Waals surface area contributed by atoms with Crippen LogP contribution in [0.15, 0.2) is 66.9 Å². The molecule has 0 spiro atoms. The molecular formula is C23H23ClNO2Y+. The van der Waals surface area contributed by atoms with Crippen LogP contribution in [0.1, 0.15) is 22.3 Å². The first-order valence-corrected chi connectivity index (χ1v) is 9.33.